The molecule has 6 nitrogen and oxygen atoms in total. The van der Waals surface area contributed by atoms with Gasteiger partial charge in [0.25, 0.3) is 5.91 Å². The van der Waals surface area contributed by atoms with Crippen molar-refractivity contribution < 1.29 is 17.9 Å². The number of rotatable bonds is 6. The second-order valence-electron chi connectivity index (χ2n) is 4.38. The molecule has 1 atom stereocenters. The maximum Gasteiger partial charge on any atom is 0.260 e. The van der Waals surface area contributed by atoms with Crippen LogP contribution in [0.25, 0.3) is 0 Å². The Hall–Kier alpha value is -1.76. The summed E-state index contributed by atoms with van der Waals surface area (Å²) in [6.07, 6.45) is 0.530. The first-order valence-corrected chi connectivity index (χ1v) is 8.09. The summed E-state index contributed by atoms with van der Waals surface area (Å²) < 4.78 is 29.4. The standard InChI is InChI=1S/C13H20N2O4S/c1-5-14-13(16)10(2)19-12-8-6-11(7-9-12)15(3)20(4,17)18/h6-10H,5H2,1-4H3,(H,14,16)/t10-/m1/s1. The molecule has 0 bridgehead atoms. The van der Waals surface area contributed by atoms with Crippen molar-refractivity contribution in [3.8, 4) is 5.75 Å². The molecule has 20 heavy (non-hydrogen) atoms. The Balaban J connectivity index is 2.75. The van der Waals surface area contributed by atoms with Crippen LogP contribution in [0.1, 0.15) is 13.8 Å². The number of nitrogens with zero attached hydrogens (tertiary/aromatic N) is 1. The number of ether oxygens (including phenoxy) is 1. The molecule has 0 aliphatic carbocycles. The van der Waals surface area contributed by atoms with E-state index in [2.05, 4.69) is 5.32 Å². The SMILES string of the molecule is CCNC(=O)[C@@H](C)Oc1ccc(N(C)S(C)(=O)=O)cc1. The third kappa shape index (κ3) is 4.41. The van der Waals surface area contributed by atoms with Gasteiger partial charge >= 0.3 is 0 Å². The van der Waals surface area contributed by atoms with E-state index in [1.54, 1.807) is 31.2 Å². The predicted octanol–water partition coefficient (Wildman–Crippen LogP) is 0.986. The van der Waals surface area contributed by atoms with Gasteiger partial charge < -0.3 is 10.1 Å². The number of hydrogen-bond acceptors (Lipinski definition) is 4. The number of nitrogens with one attached hydrogen (secondary N) is 1. The Morgan fingerprint density at radius 1 is 1.35 bits per heavy atom. The molecule has 1 amide bonds. The molecule has 1 rings (SSSR count). The van der Waals surface area contributed by atoms with Gasteiger partial charge in [0, 0.05) is 13.6 Å². The molecule has 0 heterocycles. The number of likely N-dealkylation sites (N-methyl/N-ethyl adjacent to an activating group) is 1. The highest BCUT2D eigenvalue weighted by Crippen LogP contribution is 2.20. The largest absolute Gasteiger partial charge is 0.481 e. The highest BCUT2D eigenvalue weighted by atomic mass is 32.2. The molecule has 0 saturated carbocycles. The molecule has 0 aliphatic rings. The van der Waals surface area contributed by atoms with Crippen molar-refractivity contribution in [2.75, 3.05) is 24.2 Å². The third-order valence-electron chi connectivity index (χ3n) is 2.73. The first-order valence-electron chi connectivity index (χ1n) is 6.24. The fourth-order valence-electron chi connectivity index (χ4n) is 1.50. The van der Waals surface area contributed by atoms with Gasteiger partial charge in [0.15, 0.2) is 6.10 Å². The Morgan fingerprint density at radius 3 is 2.35 bits per heavy atom. The lowest BCUT2D eigenvalue weighted by Gasteiger charge is -2.18. The zero-order chi connectivity index (χ0) is 15.3. The number of hydrogen-bond donors (Lipinski definition) is 1. The van der Waals surface area contributed by atoms with Crippen molar-refractivity contribution in [3.63, 3.8) is 0 Å². The Morgan fingerprint density at radius 2 is 1.90 bits per heavy atom. The van der Waals surface area contributed by atoms with Gasteiger partial charge in [-0.15, -0.1) is 0 Å². The molecule has 1 N–H and O–H groups in total. The van der Waals surface area contributed by atoms with Crippen molar-refractivity contribution in [3.05, 3.63) is 24.3 Å². The summed E-state index contributed by atoms with van der Waals surface area (Å²) in [6.45, 7) is 4.03. The van der Waals surface area contributed by atoms with Crippen LogP contribution in [-0.4, -0.2) is 40.3 Å². The summed E-state index contributed by atoms with van der Waals surface area (Å²) in [5, 5.41) is 2.66. The second kappa shape index (κ2) is 6.60. The number of carbonyl (C=O) groups is 1. The average Bonchev–Trinajstić information content (AvgIpc) is 2.38. The zero-order valence-electron chi connectivity index (χ0n) is 12.1. The quantitative estimate of drug-likeness (QED) is 0.850. The van der Waals surface area contributed by atoms with Crippen LogP contribution in [0.3, 0.4) is 0 Å². The van der Waals surface area contributed by atoms with Crippen LogP contribution in [0.2, 0.25) is 0 Å². The number of carbonyl (C=O) groups excluding carboxylic acids is 1. The summed E-state index contributed by atoms with van der Waals surface area (Å²) in [6, 6.07) is 6.52. The van der Waals surface area contributed by atoms with E-state index in [1.807, 2.05) is 6.92 Å². The molecule has 1 aromatic rings. The summed E-state index contributed by atoms with van der Waals surface area (Å²) in [7, 11) is -1.81. The van der Waals surface area contributed by atoms with E-state index >= 15 is 0 Å². The van der Waals surface area contributed by atoms with Crippen LogP contribution in [0, 0.1) is 0 Å². The Bertz CT molecular complexity index is 554. The van der Waals surface area contributed by atoms with Gasteiger partial charge in [-0.25, -0.2) is 8.42 Å². The minimum Gasteiger partial charge on any atom is -0.481 e. The third-order valence-corrected chi connectivity index (χ3v) is 3.94. The summed E-state index contributed by atoms with van der Waals surface area (Å²) in [4.78, 5) is 11.5. The van der Waals surface area contributed by atoms with Crippen molar-refractivity contribution >= 4 is 21.6 Å². The predicted molar refractivity (Wildman–Crippen MR) is 78.5 cm³/mol. The van der Waals surface area contributed by atoms with Crippen LogP contribution in [0.5, 0.6) is 5.75 Å². The van der Waals surface area contributed by atoms with Crippen LogP contribution in [-0.2, 0) is 14.8 Å². The van der Waals surface area contributed by atoms with Gasteiger partial charge in [-0.05, 0) is 38.1 Å². The molecular formula is C13H20N2O4S. The maximum atomic E-state index is 11.5. The molecule has 7 heteroatoms. The van der Waals surface area contributed by atoms with Crippen LogP contribution >= 0.6 is 0 Å². The average molecular weight is 300 g/mol. The molecule has 112 valence electrons. The van der Waals surface area contributed by atoms with Crippen LogP contribution < -0.4 is 14.4 Å². The Kier molecular flexibility index (Phi) is 5.38. The van der Waals surface area contributed by atoms with Crippen molar-refractivity contribution in [2.24, 2.45) is 0 Å². The summed E-state index contributed by atoms with van der Waals surface area (Å²) in [5.41, 5.74) is 0.533. The van der Waals surface area contributed by atoms with Gasteiger partial charge in [0.2, 0.25) is 10.0 Å². The lowest BCUT2D eigenvalue weighted by atomic mass is 10.3. The first kappa shape index (κ1) is 16.3. The highest BCUT2D eigenvalue weighted by Gasteiger charge is 2.15. The van der Waals surface area contributed by atoms with E-state index in [0.29, 0.717) is 18.0 Å². The molecule has 0 aromatic heterocycles. The van der Waals surface area contributed by atoms with Gasteiger partial charge in [-0.1, -0.05) is 0 Å². The molecule has 0 saturated heterocycles. The summed E-state index contributed by atoms with van der Waals surface area (Å²) >= 11 is 0. The lowest BCUT2D eigenvalue weighted by Crippen LogP contribution is -2.36. The highest BCUT2D eigenvalue weighted by molar-refractivity contribution is 7.92. The summed E-state index contributed by atoms with van der Waals surface area (Å²) in [5.74, 6) is 0.319. The van der Waals surface area contributed by atoms with Crippen LogP contribution in [0.4, 0.5) is 5.69 Å². The van der Waals surface area contributed by atoms with E-state index < -0.39 is 16.1 Å². The minimum atomic E-state index is -3.28. The second-order valence-corrected chi connectivity index (χ2v) is 6.39. The maximum absolute atomic E-state index is 11.5. The molecule has 0 radical (unpaired) electrons. The van der Waals surface area contributed by atoms with E-state index in [1.165, 1.54) is 11.4 Å². The number of anilines is 1. The first-order chi connectivity index (χ1) is 9.25. The molecule has 0 aliphatic heterocycles. The molecule has 0 fully saturated rings. The van der Waals surface area contributed by atoms with Gasteiger partial charge in [0.1, 0.15) is 5.75 Å². The normalized spacial score (nSPS) is 12.6. The van der Waals surface area contributed by atoms with E-state index in [0.717, 1.165) is 6.26 Å². The smallest absolute Gasteiger partial charge is 0.260 e. The van der Waals surface area contributed by atoms with E-state index in [4.69, 9.17) is 4.74 Å². The number of benzene rings is 1. The molecule has 1 aromatic carbocycles. The topological polar surface area (TPSA) is 75.7 Å². The van der Waals surface area contributed by atoms with Crippen molar-refractivity contribution in [1.82, 2.24) is 5.32 Å². The molecule has 0 unspecified atom stereocenters. The van der Waals surface area contributed by atoms with Gasteiger partial charge in [-0.2, -0.15) is 0 Å². The molecular weight excluding hydrogens is 280 g/mol. The number of amides is 1. The fraction of sp³-hybridized carbons (Fsp3) is 0.462. The van der Waals surface area contributed by atoms with E-state index in [9.17, 15) is 13.2 Å². The van der Waals surface area contributed by atoms with Gasteiger partial charge in [0.05, 0.1) is 11.9 Å². The Labute approximate surface area is 119 Å². The minimum absolute atomic E-state index is 0.190. The molecule has 0 spiro atoms. The van der Waals surface area contributed by atoms with Crippen molar-refractivity contribution in [2.45, 2.75) is 20.0 Å². The fourth-order valence-corrected chi connectivity index (χ4v) is 2.01. The van der Waals surface area contributed by atoms with Crippen molar-refractivity contribution in [1.29, 1.82) is 0 Å². The lowest BCUT2D eigenvalue weighted by molar-refractivity contribution is -0.127. The monoisotopic (exact) mass is 300 g/mol. The van der Waals surface area contributed by atoms with Gasteiger partial charge in [-0.3, -0.25) is 9.10 Å². The van der Waals surface area contributed by atoms with Crippen LogP contribution in [0.15, 0.2) is 24.3 Å². The van der Waals surface area contributed by atoms with E-state index in [-0.39, 0.29) is 5.91 Å². The zero-order valence-corrected chi connectivity index (χ0v) is 12.9. The number of sulfonamides is 1.